The molecule has 1 N–H and O–H groups in total. The van der Waals surface area contributed by atoms with E-state index in [2.05, 4.69) is 27.4 Å². The molecule has 0 aliphatic rings. The highest BCUT2D eigenvalue weighted by molar-refractivity contribution is 14.0. The number of aryl methyl sites for hydroxylation is 1. The van der Waals surface area contributed by atoms with Gasteiger partial charge in [0.15, 0.2) is 17.4 Å². The fourth-order valence-electron chi connectivity index (χ4n) is 2.63. The molecule has 26 heavy (non-hydrogen) atoms. The van der Waals surface area contributed by atoms with Crippen molar-refractivity contribution in [1.82, 2.24) is 15.2 Å². The standard InChI is InChI=1S/C20H24N4O.HI/c1-15-8-7-11-17-19(15)23-18(25-17)12-13-21-20(24(2)3)22-14-16-9-5-4-6-10-16;/h4-11H,12-14H2,1-3H3,(H,21,22);1H. The van der Waals surface area contributed by atoms with Crippen molar-refractivity contribution in [3.05, 3.63) is 65.5 Å². The van der Waals surface area contributed by atoms with Crippen molar-refractivity contribution in [3.8, 4) is 0 Å². The molecule has 3 rings (SSSR count). The molecule has 1 aromatic heterocycles. The van der Waals surface area contributed by atoms with E-state index in [9.17, 15) is 0 Å². The number of benzene rings is 2. The second-order valence-corrected chi connectivity index (χ2v) is 6.23. The van der Waals surface area contributed by atoms with Gasteiger partial charge in [-0.2, -0.15) is 0 Å². The summed E-state index contributed by atoms with van der Waals surface area (Å²) >= 11 is 0. The van der Waals surface area contributed by atoms with E-state index < -0.39 is 0 Å². The largest absolute Gasteiger partial charge is 0.441 e. The van der Waals surface area contributed by atoms with Crippen LogP contribution in [0.15, 0.2) is 57.9 Å². The van der Waals surface area contributed by atoms with Gasteiger partial charge in [0.05, 0.1) is 6.54 Å². The van der Waals surface area contributed by atoms with E-state index in [1.165, 1.54) is 5.56 Å². The number of hydrogen-bond donors (Lipinski definition) is 1. The van der Waals surface area contributed by atoms with Gasteiger partial charge < -0.3 is 14.6 Å². The summed E-state index contributed by atoms with van der Waals surface area (Å²) in [5.41, 5.74) is 4.13. The third kappa shape index (κ3) is 5.20. The van der Waals surface area contributed by atoms with Gasteiger partial charge in [-0.25, -0.2) is 9.98 Å². The molecule has 0 saturated heterocycles. The number of aromatic nitrogens is 1. The first kappa shape index (κ1) is 20.2. The van der Waals surface area contributed by atoms with Crippen LogP contribution in [0.1, 0.15) is 17.0 Å². The van der Waals surface area contributed by atoms with E-state index in [-0.39, 0.29) is 24.0 Å². The Hall–Kier alpha value is -2.09. The van der Waals surface area contributed by atoms with Gasteiger partial charge >= 0.3 is 0 Å². The highest BCUT2D eigenvalue weighted by Crippen LogP contribution is 2.18. The van der Waals surface area contributed by atoms with Gasteiger partial charge in [0.1, 0.15) is 5.52 Å². The van der Waals surface area contributed by atoms with Crippen molar-refractivity contribution in [2.75, 3.05) is 20.6 Å². The first-order valence-corrected chi connectivity index (χ1v) is 8.48. The Balaban J connectivity index is 0.00000243. The molecule has 0 bridgehead atoms. The van der Waals surface area contributed by atoms with Crippen LogP contribution < -0.4 is 5.32 Å². The highest BCUT2D eigenvalue weighted by Gasteiger charge is 2.08. The van der Waals surface area contributed by atoms with E-state index in [0.717, 1.165) is 35.1 Å². The molecule has 3 aromatic rings. The van der Waals surface area contributed by atoms with Crippen LogP contribution in [0.4, 0.5) is 0 Å². The predicted molar refractivity (Wildman–Crippen MR) is 117 cm³/mol. The summed E-state index contributed by atoms with van der Waals surface area (Å²) in [4.78, 5) is 11.2. The quantitative estimate of drug-likeness (QED) is 0.352. The molecule has 0 saturated carbocycles. The maximum absolute atomic E-state index is 5.82. The molecule has 0 radical (unpaired) electrons. The molecule has 0 aliphatic carbocycles. The maximum Gasteiger partial charge on any atom is 0.197 e. The van der Waals surface area contributed by atoms with Crippen molar-refractivity contribution in [2.24, 2.45) is 4.99 Å². The Kier molecular flexibility index (Phi) is 7.44. The first-order valence-electron chi connectivity index (χ1n) is 8.48. The summed E-state index contributed by atoms with van der Waals surface area (Å²) in [5.74, 6) is 1.61. The average Bonchev–Trinajstić information content (AvgIpc) is 3.03. The van der Waals surface area contributed by atoms with Gasteiger partial charge in [0.25, 0.3) is 0 Å². The lowest BCUT2D eigenvalue weighted by Crippen LogP contribution is -2.37. The molecule has 0 amide bonds. The SMILES string of the molecule is Cc1cccc2oc(CCNC(=NCc3ccccc3)N(C)C)nc12.I. The van der Waals surface area contributed by atoms with Crippen LogP contribution in [0.2, 0.25) is 0 Å². The molecule has 0 aliphatic heterocycles. The minimum absolute atomic E-state index is 0. The predicted octanol–water partition coefficient (Wildman–Crippen LogP) is 4.00. The van der Waals surface area contributed by atoms with Crippen LogP contribution in [0, 0.1) is 6.92 Å². The summed E-state index contributed by atoms with van der Waals surface area (Å²) < 4.78 is 5.82. The summed E-state index contributed by atoms with van der Waals surface area (Å²) in [6, 6.07) is 16.2. The molecule has 2 aromatic carbocycles. The van der Waals surface area contributed by atoms with E-state index in [0.29, 0.717) is 13.0 Å². The number of nitrogens with zero attached hydrogens (tertiary/aromatic N) is 3. The summed E-state index contributed by atoms with van der Waals surface area (Å²) in [7, 11) is 3.97. The zero-order chi connectivity index (χ0) is 17.6. The van der Waals surface area contributed by atoms with Gasteiger partial charge in [-0.3, -0.25) is 0 Å². The van der Waals surface area contributed by atoms with Crippen LogP contribution in [-0.2, 0) is 13.0 Å². The molecular weight excluding hydrogens is 439 g/mol. The molecule has 0 spiro atoms. The average molecular weight is 464 g/mol. The monoisotopic (exact) mass is 464 g/mol. The Labute approximate surface area is 171 Å². The lowest BCUT2D eigenvalue weighted by Gasteiger charge is -2.17. The second kappa shape index (κ2) is 9.56. The van der Waals surface area contributed by atoms with Crippen molar-refractivity contribution in [3.63, 3.8) is 0 Å². The molecule has 138 valence electrons. The number of oxazole rings is 1. The van der Waals surface area contributed by atoms with E-state index in [1.807, 2.05) is 62.3 Å². The van der Waals surface area contributed by atoms with Crippen LogP contribution in [0.3, 0.4) is 0 Å². The fraction of sp³-hybridized carbons (Fsp3) is 0.300. The smallest absolute Gasteiger partial charge is 0.197 e. The number of nitrogens with one attached hydrogen (secondary N) is 1. The topological polar surface area (TPSA) is 53.7 Å². The zero-order valence-corrected chi connectivity index (χ0v) is 17.7. The maximum atomic E-state index is 5.82. The fourth-order valence-corrected chi connectivity index (χ4v) is 2.63. The minimum Gasteiger partial charge on any atom is -0.441 e. The molecular formula is C20H25IN4O. The Morgan fingerprint density at radius 1 is 1.12 bits per heavy atom. The van der Waals surface area contributed by atoms with Crippen LogP contribution >= 0.6 is 24.0 Å². The Morgan fingerprint density at radius 3 is 2.58 bits per heavy atom. The van der Waals surface area contributed by atoms with E-state index >= 15 is 0 Å². The summed E-state index contributed by atoms with van der Waals surface area (Å²) in [6.45, 7) is 3.42. The van der Waals surface area contributed by atoms with E-state index in [4.69, 9.17) is 4.42 Å². The number of hydrogen-bond acceptors (Lipinski definition) is 3. The molecule has 6 heteroatoms. The molecule has 0 fully saturated rings. The number of guanidine groups is 1. The number of aliphatic imine (C=N–C) groups is 1. The van der Waals surface area contributed by atoms with Crippen molar-refractivity contribution in [1.29, 1.82) is 0 Å². The number of fused-ring (bicyclic) bond motifs is 1. The summed E-state index contributed by atoms with van der Waals surface area (Å²) in [6.07, 6.45) is 0.715. The van der Waals surface area contributed by atoms with Crippen LogP contribution in [0.25, 0.3) is 11.1 Å². The lowest BCUT2D eigenvalue weighted by atomic mass is 10.2. The van der Waals surface area contributed by atoms with E-state index in [1.54, 1.807) is 0 Å². The summed E-state index contributed by atoms with van der Waals surface area (Å²) in [5, 5.41) is 3.37. The van der Waals surface area contributed by atoms with Gasteiger partial charge in [-0.1, -0.05) is 42.5 Å². The molecule has 1 heterocycles. The van der Waals surface area contributed by atoms with Crippen molar-refractivity contribution in [2.45, 2.75) is 19.9 Å². The van der Waals surface area contributed by atoms with Crippen molar-refractivity contribution < 1.29 is 4.42 Å². The third-order valence-electron chi connectivity index (χ3n) is 3.96. The normalized spacial score (nSPS) is 11.3. The Bertz CT molecular complexity index is 859. The number of halogens is 1. The number of para-hydroxylation sites is 1. The van der Waals surface area contributed by atoms with Gasteiger partial charge in [0.2, 0.25) is 0 Å². The minimum atomic E-state index is 0. The van der Waals surface area contributed by atoms with Crippen LogP contribution in [-0.4, -0.2) is 36.5 Å². The first-order chi connectivity index (χ1) is 12.1. The highest BCUT2D eigenvalue weighted by atomic mass is 127. The van der Waals surface area contributed by atoms with Gasteiger partial charge in [0, 0.05) is 27.1 Å². The van der Waals surface area contributed by atoms with Crippen molar-refractivity contribution >= 4 is 41.0 Å². The number of rotatable bonds is 5. The van der Waals surface area contributed by atoms with Crippen LogP contribution in [0.5, 0.6) is 0 Å². The Morgan fingerprint density at radius 2 is 1.88 bits per heavy atom. The van der Waals surface area contributed by atoms with Gasteiger partial charge in [-0.05, 0) is 24.1 Å². The second-order valence-electron chi connectivity index (χ2n) is 6.23. The molecule has 5 nitrogen and oxygen atoms in total. The lowest BCUT2D eigenvalue weighted by molar-refractivity contribution is 0.518. The molecule has 0 unspecified atom stereocenters. The third-order valence-corrected chi connectivity index (χ3v) is 3.96. The molecule has 0 atom stereocenters. The van der Waals surface area contributed by atoms with Gasteiger partial charge in [-0.15, -0.1) is 24.0 Å². The zero-order valence-electron chi connectivity index (χ0n) is 15.4.